The number of nitrogens with zero attached hydrogens (tertiary/aromatic N) is 1. The molecule has 22 heavy (non-hydrogen) atoms. The van der Waals surface area contributed by atoms with E-state index in [0.717, 1.165) is 7.11 Å². The number of nitrogens with one attached hydrogen (secondary N) is 2. The average molecular weight is 316 g/mol. The van der Waals surface area contributed by atoms with Crippen molar-refractivity contribution in [2.75, 3.05) is 7.11 Å². The topological polar surface area (TPSA) is 120 Å². The Morgan fingerprint density at radius 1 is 1.32 bits per heavy atom. The van der Waals surface area contributed by atoms with E-state index in [4.69, 9.17) is 10.3 Å². The molecule has 1 fully saturated rings. The summed E-state index contributed by atoms with van der Waals surface area (Å²) in [6.45, 7) is 5.05. The van der Waals surface area contributed by atoms with E-state index in [2.05, 4.69) is 14.8 Å². The van der Waals surface area contributed by atoms with E-state index in [1.807, 2.05) is 0 Å². The zero-order chi connectivity index (χ0) is 17.1. The lowest BCUT2D eigenvalue weighted by Crippen LogP contribution is -2.59. The quantitative estimate of drug-likeness (QED) is 0.261. The molecule has 1 saturated carbocycles. The smallest absolute Gasteiger partial charge is 0.460 e. The number of Topliss-reactive ketones (excluding diaryl/α,β-unsaturated/α-hetero) is 1. The fraction of sp³-hybridized carbons (Fsp3) is 0.692. The third kappa shape index (κ3) is 4.11. The molecule has 0 aromatic heterocycles. The summed E-state index contributed by atoms with van der Waals surface area (Å²) in [5, 5.41) is 2.43. The maximum atomic E-state index is 14.4. The fourth-order valence-corrected chi connectivity index (χ4v) is 1.98. The van der Waals surface area contributed by atoms with Gasteiger partial charge in [0, 0.05) is 18.9 Å². The summed E-state index contributed by atoms with van der Waals surface area (Å²) < 4.78 is 23.6. The number of alkyl carbamates (subject to hydrolysis) is 1. The molecule has 0 aliphatic heterocycles. The molecule has 1 rings (SSSR count). The highest BCUT2D eigenvalue weighted by molar-refractivity contribution is 6.63. The van der Waals surface area contributed by atoms with Crippen LogP contribution in [0.5, 0.6) is 0 Å². The van der Waals surface area contributed by atoms with Gasteiger partial charge in [-0.05, 0) is 20.8 Å². The summed E-state index contributed by atoms with van der Waals surface area (Å²) in [4.78, 5) is 37.4. The molecule has 1 amide bonds. The molecular weight excluding hydrogens is 297 g/mol. The van der Waals surface area contributed by atoms with Crippen molar-refractivity contribution in [3.63, 3.8) is 0 Å². The van der Waals surface area contributed by atoms with Gasteiger partial charge in [-0.25, -0.2) is 14.0 Å². The lowest BCUT2D eigenvalue weighted by atomic mass is 9.73. The van der Waals surface area contributed by atoms with E-state index in [1.54, 1.807) is 20.8 Å². The molecule has 9 heteroatoms. The van der Waals surface area contributed by atoms with Gasteiger partial charge >= 0.3 is 17.8 Å². The number of amides is 1. The highest BCUT2D eigenvalue weighted by atomic mass is 19.1. The molecule has 1 aliphatic rings. The lowest BCUT2D eigenvalue weighted by molar-refractivity contribution is -0.160. The monoisotopic (exact) mass is 316 g/mol. The van der Waals surface area contributed by atoms with Gasteiger partial charge in [-0.15, -0.1) is 0 Å². The zero-order valence-electron chi connectivity index (χ0n) is 12.9. The van der Waals surface area contributed by atoms with Crippen LogP contribution in [0.1, 0.15) is 33.6 Å². The van der Waals surface area contributed by atoms with Crippen molar-refractivity contribution < 1.29 is 33.0 Å². The number of carbonyl (C=O) groups is 3. The van der Waals surface area contributed by atoms with Gasteiger partial charge in [0.2, 0.25) is 0 Å². The molecule has 0 aromatic rings. The van der Waals surface area contributed by atoms with E-state index in [1.165, 1.54) is 0 Å². The van der Waals surface area contributed by atoms with Crippen LogP contribution < -0.4 is 5.32 Å². The summed E-state index contributed by atoms with van der Waals surface area (Å²) >= 11 is 0. The van der Waals surface area contributed by atoms with Gasteiger partial charge in [-0.1, -0.05) is 0 Å². The van der Waals surface area contributed by atoms with Crippen molar-refractivity contribution in [1.82, 2.24) is 5.32 Å². The number of hydrogen-bond acceptors (Lipinski definition) is 6. The van der Waals surface area contributed by atoms with Gasteiger partial charge in [-0.2, -0.15) is 0 Å². The first-order valence-electron chi connectivity index (χ1n) is 6.58. The summed E-state index contributed by atoms with van der Waals surface area (Å²) in [6.07, 6.45) is -1.35. The molecule has 0 bridgehead atoms. The van der Waals surface area contributed by atoms with Crippen LogP contribution in [0.25, 0.3) is 0 Å². The molecule has 2 N–H and O–H groups in total. The number of rotatable bonds is 4. The van der Waals surface area contributed by atoms with Gasteiger partial charge in [-0.3, -0.25) is 4.79 Å². The Morgan fingerprint density at radius 2 is 1.86 bits per heavy atom. The van der Waals surface area contributed by atoms with Crippen LogP contribution >= 0.6 is 0 Å². The third-order valence-electron chi connectivity index (χ3n) is 2.97. The highest BCUT2D eigenvalue weighted by Gasteiger charge is 2.58. The van der Waals surface area contributed by atoms with Gasteiger partial charge < -0.3 is 14.8 Å². The second kappa shape index (κ2) is 6.23. The van der Waals surface area contributed by atoms with E-state index < -0.39 is 40.9 Å². The Balaban J connectivity index is 2.61. The van der Waals surface area contributed by atoms with Crippen LogP contribution in [0.15, 0.2) is 0 Å². The van der Waals surface area contributed by atoms with Crippen molar-refractivity contribution in [3.05, 3.63) is 0 Å². The highest BCUT2D eigenvalue weighted by Crippen LogP contribution is 2.37. The van der Waals surface area contributed by atoms with Crippen LogP contribution in [0.4, 0.5) is 9.18 Å². The SMILES string of the molecule is COC(=O)C(=[N+]=N)C(=O)C1(F)CC(NC(=O)OC(C)(C)C)C1. The van der Waals surface area contributed by atoms with E-state index in [0.29, 0.717) is 0 Å². The van der Waals surface area contributed by atoms with Crippen molar-refractivity contribution in [2.24, 2.45) is 0 Å². The molecule has 0 saturated heterocycles. The minimum absolute atomic E-state index is 0.318. The van der Waals surface area contributed by atoms with E-state index >= 15 is 0 Å². The first-order valence-corrected chi connectivity index (χ1v) is 6.58. The zero-order valence-corrected chi connectivity index (χ0v) is 12.9. The molecular formula is C13H19FN3O5+. The minimum atomic E-state index is -2.34. The Kier molecular flexibility index (Phi) is 5.03. The van der Waals surface area contributed by atoms with Gasteiger partial charge in [0.15, 0.2) is 5.67 Å². The van der Waals surface area contributed by atoms with Crippen LogP contribution in [-0.2, 0) is 19.1 Å². The normalized spacial score (nSPS) is 23.6. The molecule has 0 unspecified atom stereocenters. The van der Waals surface area contributed by atoms with Crippen LogP contribution in [0.2, 0.25) is 0 Å². The minimum Gasteiger partial charge on any atom is -0.460 e. The number of halogens is 1. The summed E-state index contributed by atoms with van der Waals surface area (Å²) in [5.74, 6) is -2.38. The maximum Gasteiger partial charge on any atom is 0.493 e. The second-order valence-corrected chi connectivity index (χ2v) is 6.00. The van der Waals surface area contributed by atoms with Crippen molar-refractivity contribution in [1.29, 1.82) is 5.53 Å². The number of esters is 1. The predicted octanol–water partition coefficient (Wildman–Crippen LogP) is 0.804. The molecule has 0 heterocycles. The summed E-state index contributed by atoms with van der Waals surface area (Å²) in [7, 11) is 0.999. The maximum absolute atomic E-state index is 14.4. The summed E-state index contributed by atoms with van der Waals surface area (Å²) in [5.41, 5.74) is 2.85. The van der Waals surface area contributed by atoms with Gasteiger partial charge in [0.05, 0.1) is 17.4 Å². The number of hydrogen-bond donors (Lipinski definition) is 2. The van der Waals surface area contributed by atoms with E-state index in [-0.39, 0.29) is 12.8 Å². The predicted molar refractivity (Wildman–Crippen MR) is 71.2 cm³/mol. The molecule has 1 aliphatic carbocycles. The second-order valence-electron chi connectivity index (χ2n) is 6.00. The van der Waals surface area contributed by atoms with Crippen molar-refractivity contribution in [3.8, 4) is 0 Å². The number of ketones is 1. The van der Waals surface area contributed by atoms with Gasteiger partial charge in [0.1, 0.15) is 5.60 Å². The molecule has 0 aromatic carbocycles. The van der Waals surface area contributed by atoms with Crippen LogP contribution in [0.3, 0.4) is 0 Å². The number of methoxy groups -OCH3 is 1. The molecule has 0 spiro atoms. The number of alkyl halides is 1. The lowest BCUT2D eigenvalue weighted by Gasteiger charge is -2.38. The Morgan fingerprint density at radius 3 is 2.27 bits per heavy atom. The first-order chi connectivity index (χ1) is 10.0. The molecule has 0 atom stereocenters. The van der Waals surface area contributed by atoms with Crippen molar-refractivity contribution in [2.45, 2.75) is 50.9 Å². The first kappa shape index (κ1) is 17.8. The molecule has 8 nitrogen and oxygen atoms in total. The summed E-state index contributed by atoms with van der Waals surface area (Å²) in [6, 6.07) is -0.589. The van der Waals surface area contributed by atoms with Crippen LogP contribution in [0, 0.1) is 5.53 Å². The molecule has 0 radical (unpaired) electrons. The third-order valence-corrected chi connectivity index (χ3v) is 2.97. The fourth-order valence-electron chi connectivity index (χ4n) is 1.98. The average Bonchev–Trinajstić information content (AvgIpc) is 2.34. The number of ether oxygens (including phenoxy) is 2. The Hall–Kier alpha value is -2.28. The van der Waals surface area contributed by atoms with Gasteiger partial charge in [0.25, 0.3) is 5.78 Å². The molecule has 122 valence electrons. The Bertz CT molecular complexity index is 542. The Labute approximate surface area is 126 Å². The standard InChI is InChI=1S/C13H18FN3O5/c1-12(2,3)22-11(20)16-7-5-13(14,6-7)9(18)8(17-15)10(19)21-4/h7,15H,5-6H2,1-4H3/p+1. The van der Waals surface area contributed by atoms with E-state index in [9.17, 15) is 18.8 Å². The van der Waals surface area contributed by atoms with Crippen LogP contribution in [-0.4, -0.2) is 52.8 Å². The number of carbonyl (C=O) groups excluding carboxylic acids is 3. The largest absolute Gasteiger partial charge is 0.493 e. The van der Waals surface area contributed by atoms with Crippen molar-refractivity contribution >= 4 is 23.6 Å².